The van der Waals surface area contributed by atoms with E-state index in [-0.39, 0.29) is 12.3 Å². The van der Waals surface area contributed by atoms with Gasteiger partial charge in [-0.05, 0) is 46.5 Å². The van der Waals surface area contributed by atoms with Crippen molar-refractivity contribution in [3.63, 3.8) is 0 Å². The van der Waals surface area contributed by atoms with Crippen LogP contribution in [0.25, 0.3) is 0 Å². The molecule has 11 nitrogen and oxygen atoms in total. The van der Waals surface area contributed by atoms with Crippen LogP contribution in [0.15, 0.2) is 114 Å². The van der Waals surface area contributed by atoms with E-state index in [0.717, 1.165) is 16.0 Å². The van der Waals surface area contributed by atoms with Gasteiger partial charge in [0.1, 0.15) is 19.0 Å². The third-order valence-electron chi connectivity index (χ3n) is 7.00. The number of nitro groups is 1. The van der Waals surface area contributed by atoms with Crippen LogP contribution in [0.2, 0.25) is 0 Å². The summed E-state index contributed by atoms with van der Waals surface area (Å²) in [6, 6.07) is 28.6. The Morgan fingerprint density at radius 1 is 0.889 bits per heavy atom. The molecule has 0 radical (unpaired) electrons. The number of hydrogen-bond donors (Lipinski definition) is 0. The summed E-state index contributed by atoms with van der Waals surface area (Å²) < 4.78 is 17.0. The van der Waals surface area contributed by atoms with Gasteiger partial charge in [0.2, 0.25) is 6.23 Å². The van der Waals surface area contributed by atoms with Crippen LogP contribution in [0.5, 0.6) is 5.75 Å². The highest BCUT2D eigenvalue weighted by molar-refractivity contribution is 5.96. The Kier molecular flexibility index (Phi) is 9.58. The van der Waals surface area contributed by atoms with Crippen molar-refractivity contribution in [2.24, 2.45) is 4.99 Å². The Morgan fingerprint density at radius 2 is 1.49 bits per heavy atom. The molecule has 3 unspecified atom stereocenters. The molecule has 1 heterocycles. The van der Waals surface area contributed by atoms with Gasteiger partial charge in [-0.3, -0.25) is 29.6 Å². The SMILES string of the molecule is CC(=O)OC1C(N=Cc2ccc([N+](=O)[O-])cc2)C(=O)N1C(C(=O)OCc1ccccc1)c1ccc(OCc2ccccc2)cc1. The summed E-state index contributed by atoms with van der Waals surface area (Å²) >= 11 is 0. The standard InChI is InChI=1S/C34H29N3O8/c1-23(38)45-33-30(35-20-24-12-16-28(17-13-24)37(41)42)32(39)36(33)31(34(40)44-22-26-10-6-3-7-11-26)27-14-18-29(19-15-27)43-21-25-8-4-2-5-9-25/h2-20,30-31,33H,21-22H2,1H3. The number of likely N-dealkylation sites (tertiary alicyclic amines) is 1. The van der Waals surface area contributed by atoms with Crippen molar-refractivity contribution in [3.05, 3.63) is 142 Å². The van der Waals surface area contributed by atoms with Gasteiger partial charge in [0, 0.05) is 25.3 Å². The largest absolute Gasteiger partial charge is 0.489 e. The van der Waals surface area contributed by atoms with Crippen LogP contribution in [0, 0.1) is 10.1 Å². The fourth-order valence-corrected chi connectivity index (χ4v) is 4.73. The van der Waals surface area contributed by atoms with E-state index < -0.39 is 41.1 Å². The Balaban J connectivity index is 1.39. The first kappa shape index (κ1) is 30.6. The number of amides is 1. The van der Waals surface area contributed by atoms with Gasteiger partial charge < -0.3 is 14.2 Å². The van der Waals surface area contributed by atoms with Crippen LogP contribution in [-0.4, -0.2) is 46.2 Å². The first-order valence-corrected chi connectivity index (χ1v) is 14.0. The number of nitro benzene ring substituents is 1. The third-order valence-corrected chi connectivity index (χ3v) is 7.00. The van der Waals surface area contributed by atoms with Crippen molar-refractivity contribution in [3.8, 4) is 5.75 Å². The second-order valence-electron chi connectivity index (χ2n) is 10.2. The minimum Gasteiger partial charge on any atom is -0.489 e. The fourth-order valence-electron chi connectivity index (χ4n) is 4.73. The molecule has 0 spiro atoms. The fraction of sp³-hybridized carbons (Fsp3) is 0.176. The van der Waals surface area contributed by atoms with Crippen LogP contribution in [0.1, 0.15) is 35.2 Å². The predicted molar refractivity (Wildman–Crippen MR) is 163 cm³/mol. The lowest BCUT2D eigenvalue weighted by Crippen LogP contribution is -2.67. The van der Waals surface area contributed by atoms with Gasteiger partial charge >= 0.3 is 11.9 Å². The number of benzene rings is 4. The summed E-state index contributed by atoms with van der Waals surface area (Å²) in [4.78, 5) is 55.1. The molecule has 0 aromatic heterocycles. The van der Waals surface area contributed by atoms with Crippen molar-refractivity contribution in [2.75, 3.05) is 0 Å². The zero-order valence-electron chi connectivity index (χ0n) is 24.2. The highest BCUT2D eigenvalue weighted by Gasteiger charge is 2.55. The van der Waals surface area contributed by atoms with E-state index in [1.807, 2.05) is 48.5 Å². The molecule has 0 aliphatic carbocycles. The number of aliphatic imine (C=N–C) groups is 1. The summed E-state index contributed by atoms with van der Waals surface area (Å²) in [5, 5.41) is 11.0. The van der Waals surface area contributed by atoms with E-state index in [0.29, 0.717) is 23.5 Å². The van der Waals surface area contributed by atoms with E-state index in [9.17, 15) is 24.5 Å². The smallest absolute Gasteiger partial charge is 0.334 e. The van der Waals surface area contributed by atoms with Crippen molar-refractivity contribution in [2.45, 2.75) is 38.4 Å². The van der Waals surface area contributed by atoms with Crippen molar-refractivity contribution in [1.82, 2.24) is 4.90 Å². The summed E-state index contributed by atoms with van der Waals surface area (Å²) in [5.74, 6) is -1.41. The van der Waals surface area contributed by atoms with Gasteiger partial charge in [0.15, 0.2) is 12.1 Å². The average molecular weight is 608 g/mol. The molecule has 1 fully saturated rings. The number of rotatable bonds is 12. The number of carbonyl (C=O) groups excluding carboxylic acids is 3. The normalized spacial score (nSPS) is 16.5. The predicted octanol–water partition coefficient (Wildman–Crippen LogP) is 5.18. The molecule has 3 atom stereocenters. The number of hydrogen-bond acceptors (Lipinski definition) is 9. The molecular formula is C34H29N3O8. The highest BCUT2D eigenvalue weighted by atomic mass is 16.6. The Bertz CT molecular complexity index is 1680. The Morgan fingerprint density at radius 3 is 2.07 bits per heavy atom. The van der Waals surface area contributed by atoms with Crippen molar-refractivity contribution in [1.29, 1.82) is 0 Å². The lowest BCUT2D eigenvalue weighted by atomic mass is 9.96. The Hall–Kier alpha value is -5.84. The van der Waals surface area contributed by atoms with Gasteiger partial charge in [-0.2, -0.15) is 0 Å². The minimum atomic E-state index is -1.25. The highest BCUT2D eigenvalue weighted by Crippen LogP contribution is 2.36. The van der Waals surface area contributed by atoms with Crippen LogP contribution in [0.3, 0.4) is 0 Å². The maximum absolute atomic E-state index is 13.6. The molecule has 4 aromatic rings. The molecule has 0 saturated carbocycles. The summed E-state index contributed by atoms with van der Waals surface area (Å²) in [5.41, 5.74) is 2.57. The second kappa shape index (κ2) is 14.1. The summed E-state index contributed by atoms with van der Waals surface area (Å²) in [6.07, 6.45) is 0.162. The lowest BCUT2D eigenvalue weighted by molar-refractivity contribution is -0.384. The molecule has 1 saturated heterocycles. The topological polar surface area (TPSA) is 138 Å². The van der Waals surface area contributed by atoms with Gasteiger partial charge in [-0.25, -0.2) is 4.79 Å². The van der Waals surface area contributed by atoms with Gasteiger partial charge in [-0.1, -0.05) is 72.8 Å². The molecule has 1 aliphatic rings. The molecular weight excluding hydrogens is 578 g/mol. The number of carbonyl (C=O) groups is 3. The Labute approximate surface area is 258 Å². The third kappa shape index (κ3) is 7.57. The second-order valence-corrected chi connectivity index (χ2v) is 10.2. The molecule has 1 aliphatic heterocycles. The average Bonchev–Trinajstić information content (AvgIpc) is 3.06. The molecule has 4 aromatic carbocycles. The first-order chi connectivity index (χ1) is 21.8. The quantitative estimate of drug-likeness (QED) is 0.0707. The zero-order chi connectivity index (χ0) is 31.8. The van der Waals surface area contributed by atoms with E-state index in [1.165, 1.54) is 37.4 Å². The molecule has 11 heteroatoms. The van der Waals surface area contributed by atoms with Crippen LogP contribution in [0.4, 0.5) is 5.69 Å². The molecule has 0 N–H and O–H groups in total. The molecule has 228 valence electrons. The van der Waals surface area contributed by atoms with Crippen LogP contribution in [-0.2, 0) is 37.1 Å². The van der Waals surface area contributed by atoms with E-state index in [4.69, 9.17) is 14.2 Å². The van der Waals surface area contributed by atoms with Gasteiger partial charge in [0.05, 0.1) is 4.92 Å². The van der Waals surface area contributed by atoms with Crippen LogP contribution >= 0.6 is 0 Å². The monoisotopic (exact) mass is 607 g/mol. The maximum Gasteiger partial charge on any atom is 0.334 e. The number of nitrogens with zero attached hydrogens (tertiary/aromatic N) is 3. The number of non-ortho nitro benzene ring substituents is 1. The van der Waals surface area contributed by atoms with Gasteiger partial charge in [0.25, 0.3) is 11.6 Å². The van der Waals surface area contributed by atoms with Crippen LogP contribution < -0.4 is 4.74 Å². The molecule has 45 heavy (non-hydrogen) atoms. The van der Waals surface area contributed by atoms with E-state index in [2.05, 4.69) is 4.99 Å². The van der Waals surface area contributed by atoms with E-state index in [1.54, 1.807) is 36.4 Å². The lowest BCUT2D eigenvalue weighted by Gasteiger charge is -2.46. The number of ether oxygens (including phenoxy) is 3. The maximum atomic E-state index is 13.6. The molecule has 1 amide bonds. The summed E-state index contributed by atoms with van der Waals surface area (Å²) in [7, 11) is 0. The zero-order valence-corrected chi connectivity index (χ0v) is 24.2. The summed E-state index contributed by atoms with van der Waals surface area (Å²) in [6.45, 7) is 1.51. The van der Waals surface area contributed by atoms with Gasteiger partial charge in [-0.15, -0.1) is 0 Å². The minimum absolute atomic E-state index is 0.0313. The number of β-lactam (4-membered cyclic amide) rings is 1. The molecule has 5 rings (SSSR count). The van der Waals surface area contributed by atoms with E-state index >= 15 is 0 Å². The molecule has 0 bridgehead atoms. The van der Waals surface area contributed by atoms with Crippen molar-refractivity contribution >= 4 is 29.7 Å². The first-order valence-electron chi connectivity index (χ1n) is 14.0. The number of esters is 2. The van der Waals surface area contributed by atoms with Crippen molar-refractivity contribution < 1.29 is 33.5 Å².